The molecule has 2 aliphatic rings. The van der Waals surface area contributed by atoms with Gasteiger partial charge in [0.15, 0.2) is 0 Å². The second-order valence-corrected chi connectivity index (χ2v) is 4.63. The standard InChI is InChI=1S/C7H12INO/c1-10-7-2-5-3-9(8)4-6(5)7/h5-7H,2-4H2,1H3. The molecule has 0 aromatic carbocycles. The third-order valence-electron chi connectivity index (χ3n) is 2.76. The van der Waals surface area contributed by atoms with Gasteiger partial charge in [-0.15, -0.1) is 0 Å². The molecular weight excluding hydrogens is 241 g/mol. The first-order valence-electron chi connectivity index (χ1n) is 3.75. The SMILES string of the molecule is COC1CC2CN(I)CC21. The molecule has 3 heteroatoms. The van der Waals surface area contributed by atoms with Gasteiger partial charge in [0.2, 0.25) is 0 Å². The normalized spacial score (nSPS) is 46.8. The quantitative estimate of drug-likeness (QED) is 0.516. The van der Waals surface area contributed by atoms with Crippen LogP contribution < -0.4 is 0 Å². The Morgan fingerprint density at radius 2 is 2.30 bits per heavy atom. The van der Waals surface area contributed by atoms with E-state index in [2.05, 4.69) is 26.0 Å². The van der Waals surface area contributed by atoms with Crippen LogP contribution in [0.15, 0.2) is 0 Å². The Bertz CT molecular complexity index is 138. The van der Waals surface area contributed by atoms with E-state index in [1.807, 2.05) is 7.11 Å². The van der Waals surface area contributed by atoms with Crippen LogP contribution in [0, 0.1) is 11.8 Å². The van der Waals surface area contributed by atoms with Gasteiger partial charge < -0.3 is 4.74 Å². The largest absolute Gasteiger partial charge is 0.381 e. The highest BCUT2D eigenvalue weighted by atomic mass is 127. The molecule has 2 nitrogen and oxygen atoms in total. The second kappa shape index (κ2) is 2.60. The molecule has 0 bridgehead atoms. The molecular formula is C7H12INO. The average Bonchev–Trinajstić information content (AvgIpc) is 2.15. The summed E-state index contributed by atoms with van der Waals surface area (Å²) < 4.78 is 7.70. The van der Waals surface area contributed by atoms with Crippen LogP contribution in [0.5, 0.6) is 0 Å². The smallest absolute Gasteiger partial charge is 0.0618 e. The van der Waals surface area contributed by atoms with Gasteiger partial charge in [0.25, 0.3) is 0 Å². The third-order valence-corrected chi connectivity index (χ3v) is 3.55. The molecule has 0 amide bonds. The highest BCUT2D eigenvalue weighted by molar-refractivity contribution is 14.1. The fourth-order valence-corrected chi connectivity index (χ4v) is 3.02. The molecule has 1 saturated heterocycles. The summed E-state index contributed by atoms with van der Waals surface area (Å²) in [5.74, 6) is 1.80. The van der Waals surface area contributed by atoms with E-state index in [-0.39, 0.29) is 0 Å². The van der Waals surface area contributed by atoms with Gasteiger partial charge in [-0.3, -0.25) is 0 Å². The van der Waals surface area contributed by atoms with E-state index in [4.69, 9.17) is 4.74 Å². The molecule has 0 aromatic rings. The Morgan fingerprint density at radius 1 is 1.50 bits per heavy atom. The number of fused-ring (bicyclic) bond motifs is 1. The van der Waals surface area contributed by atoms with Crippen LogP contribution >= 0.6 is 22.9 Å². The zero-order valence-electron chi connectivity index (χ0n) is 6.09. The summed E-state index contributed by atoms with van der Waals surface area (Å²) in [6, 6.07) is 0. The van der Waals surface area contributed by atoms with Crippen molar-refractivity contribution in [2.24, 2.45) is 11.8 Å². The predicted octanol–water partition coefficient (Wildman–Crippen LogP) is 1.30. The zero-order valence-corrected chi connectivity index (χ0v) is 8.24. The minimum absolute atomic E-state index is 0.574. The van der Waals surface area contributed by atoms with E-state index < -0.39 is 0 Å². The van der Waals surface area contributed by atoms with Crippen molar-refractivity contribution in [1.82, 2.24) is 3.11 Å². The van der Waals surface area contributed by atoms with Crippen molar-refractivity contribution < 1.29 is 4.74 Å². The maximum absolute atomic E-state index is 5.32. The van der Waals surface area contributed by atoms with Crippen LogP contribution in [0.3, 0.4) is 0 Å². The average molecular weight is 253 g/mol. The molecule has 3 unspecified atom stereocenters. The summed E-state index contributed by atoms with van der Waals surface area (Å²) in [7, 11) is 1.83. The Morgan fingerprint density at radius 3 is 2.90 bits per heavy atom. The lowest BCUT2D eigenvalue weighted by Crippen LogP contribution is -2.41. The van der Waals surface area contributed by atoms with E-state index >= 15 is 0 Å². The molecule has 0 aromatic heterocycles. The fraction of sp³-hybridized carbons (Fsp3) is 1.00. The molecule has 1 heterocycles. The third kappa shape index (κ3) is 0.987. The molecule has 0 spiro atoms. The van der Waals surface area contributed by atoms with Crippen molar-refractivity contribution in [3.05, 3.63) is 0 Å². The van der Waals surface area contributed by atoms with Crippen LogP contribution in [0.2, 0.25) is 0 Å². The van der Waals surface area contributed by atoms with Crippen LogP contribution in [-0.2, 0) is 4.74 Å². The Balaban J connectivity index is 1.93. The molecule has 0 radical (unpaired) electrons. The van der Waals surface area contributed by atoms with Gasteiger partial charge in [-0.05, 0) is 12.3 Å². The van der Waals surface area contributed by atoms with Gasteiger partial charge in [0, 0.05) is 49.0 Å². The summed E-state index contributed by atoms with van der Waals surface area (Å²) in [6.07, 6.45) is 1.87. The zero-order chi connectivity index (χ0) is 7.14. The number of hydrogen-bond donors (Lipinski definition) is 0. The maximum Gasteiger partial charge on any atom is 0.0618 e. The van der Waals surface area contributed by atoms with Crippen LogP contribution in [0.25, 0.3) is 0 Å². The van der Waals surface area contributed by atoms with E-state index in [0.717, 1.165) is 11.8 Å². The minimum Gasteiger partial charge on any atom is -0.381 e. The van der Waals surface area contributed by atoms with Gasteiger partial charge in [0.1, 0.15) is 0 Å². The first kappa shape index (κ1) is 7.31. The van der Waals surface area contributed by atoms with Gasteiger partial charge in [-0.2, -0.15) is 0 Å². The van der Waals surface area contributed by atoms with Crippen molar-refractivity contribution in [3.8, 4) is 0 Å². The summed E-state index contributed by atoms with van der Waals surface area (Å²) in [4.78, 5) is 0. The second-order valence-electron chi connectivity index (χ2n) is 3.26. The first-order chi connectivity index (χ1) is 4.81. The molecule has 1 saturated carbocycles. The molecule has 0 N–H and O–H groups in total. The lowest BCUT2D eigenvalue weighted by Gasteiger charge is -2.38. The van der Waals surface area contributed by atoms with Gasteiger partial charge in [-0.1, -0.05) is 0 Å². The summed E-state index contributed by atoms with van der Waals surface area (Å²) >= 11 is 2.41. The van der Waals surface area contributed by atoms with Gasteiger partial charge in [-0.25, -0.2) is 3.11 Å². The summed E-state index contributed by atoms with van der Waals surface area (Å²) in [6.45, 7) is 2.52. The van der Waals surface area contributed by atoms with E-state index in [1.165, 1.54) is 19.5 Å². The maximum atomic E-state index is 5.32. The molecule has 10 heavy (non-hydrogen) atoms. The topological polar surface area (TPSA) is 12.5 Å². The number of rotatable bonds is 1. The number of ether oxygens (including phenoxy) is 1. The van der Waals surface area contributed by atoms with Crippen LogP contribution in [0.1, 0.15) is 6.42 Å². The lowest BCUT2D eigenvalue weighted by molar-refractivity contribution is -0.0391. The van der Waals surface area contributed by atoms with Crippen LogP contribution in [-0.4, -0.2) is 29.4 Å². The van der Waals surface area contributed by atoms with Crippen molar-refractivity contribution in [2.45, 2.75) is 12.5 Å². The van der Waals surface area contributed by atoms with E-state index in [0.29, 0.717) is 6.10 Å². The number of methoxy groups -OCH3 is 1. The molecule has 1 aliphatic carbocycles. The van der Waals surface area contributed by atoms with Crippen molar-refractivity contribution >= 4 is 22.9 Å². The Labute approximate surface area is 75.4 Å². The van der Waals surface area contributed by atoms with Gasteiger partial charge >= 0.3 is 0 Å². The van der Waals surface area contributed by atoms with Crippen molar-refractivity contribution in [3.63, 3.8) is 0 Å². The molecule has 3 atom stereocenters. The molecule has 1 aliphatic heterocycles. The predicted molar refractivity (Wildman–Crippen MR) is 48.0 cm³/mol. The van der Waals surface area contributed by atoms with Gasteiger partial charge in [0.05, 0.1) is 6.10 Å². The van der Waals surface area contributed by atoms with E-state index in [1.54, 1.807) is 0 Å². The number of halogens is 1. The number of nitrogens with zero attached hydrogens (tertiary/aromatic N) is 1. The molecule has 2 fully saturated rings. The highest BCUT2D eigenvalue weighted by Crippen LogP contribution is 2.43. The Hall–Kier alpha value is 0.650. The molecule has 58 valence electrons. The molecule has 2 rings (SSSR count). The monoisotopic (exact) mass is 253 g/mol. The Kier molecular flexibility index (Phi) is 1.90. The fourth-order valence-electron chi connectivity index (χ4n) is 2.06. The summed E-state index contributed by atoms with van der Waals surface area (Å²) in [5, 5.41) is 0. The summed E-state index contributed by atoms with van der Waals surface area (Å²) in [5.41, 5.74) is 0. The van der Waals surface area contributed by atoms with Crippen molar-refractivity contribution in [2.75, 3.05) is 20.2 Å². The van der Waals surface area contributed by atoms with E-state index in [9.17, 15) is 0 Å². The number of hydrogen-bond acceptors (Lipinski definition) is 2. The highest BCUT2D eigenvalue weighted by Gasteiger charge is 2.46. The van der Waals surface area contributed by atoms with Crippen LogP contribution in [0.4, 0.5) is 0 Å². The minimum atomic E-state index is 0.574. The van der Waals surface area contributed by atoms with Crippen molar-refractivity contribution in [1.29, 1.82) is 0 Å². The lowest BCUT2D eigenvalue weighted by atomic mass is 9.73. The first-order valence-corrected chi connectivity index (χ1v) is 4.71.